The maximum atomic E-state index is 12.5. The van der Waals surface area contributed by atoms with Gasteiger partial charge in [-0.1, -0.05) is 44.2 Å². The highest BCUT2D eigenvalue weighted by Gasteiger charge is 2.23. The van der Waals surface area contributed by atoms with E-state index in [4.69, 9.17) is 11.5 Å². The monoisotopic (exact) mass is 348 g/mol. The molecule has 0 radical (unpaired) electrons. The van der Waals surface area contributed by atoms with Crippen molar-refractivity contribution in [1.29, 1.82) is 0 Å². The van der Waals surface area contributed by atoms with Crippen molar-refractivity contribution in [3.05, 3.63) is 35.9 Å². The van der Waals surface area contributed by atoms with E-state index in [-0.39, 0.29) is 11.8 Å². The number of nitrogens with two attached hydrogens (primary N) is 2. The first kappa shape index (κ1) is 21.1. The van der Waals surface area contributed by atoms with E-state index in [2.05, 4.69) is 10.6 Å². The average molecular weight is 348 g/mol. The Labute approximate surface area is 150 Å². The summed E-state index contributed by atoms with van der Waals surface area (Å²) in [4.78, 5) is 24.8. The largest absolute Gasteiger partial charge is 0.350 e. The molecule has 0 spiro atoms. The SMILES string of the molecule is CC(C)C[C@@H](N)C(=O)N[C@@H](CCCCN)C(=O)NCc1ccccc1. The molecule has 0 saturated carbocycles. The van der Waals surface area contributed by atoms with Gasteiger partial charge in [0.05, 0.1) is 6.04 Å². The first-order valence-corrected chi connectivity index (χ1v) is 9.01. The van der Waals surface area contributed by atoms with Crippen LogP contribution < -0.4 is 22.1 Å². The highest BCUT2D eigenvalue weighted by atomic mass is 16.2. The van der Waals surface area contributed by atoms with Gasteiger partial charge < -0.3 is 22.1 Å². The molecule has 140 valence electrons. The maximum absolute atomic E-state index is 12.5. The Morgan fingerprint density at radius 3 is 2.36 bits per heavy atom. The summed E-state index contributed by atoms with van der Waals surface area (Å²) in [6, 6.07) is 8.48. The number of carbonyl (C=O) groups is 2. The molecule has 1 aromatic rings. The van der Waals surface area contributed by atoms with Crippen molar-refractivity contribution in [2.45, 2.75) is 58.2 Å². The second-order valence-corrected chi connectivity index (χ2v) is 6.79. The first-order chi connectivity index (χ1) is 11.9. The van der Waals surface area contributed by atoms with E-state index in [0.29, 0.717) is 31.8 Å². The van der Waals surface area contributed by atoms with Crippen LogP contribution in [-0.4, -0.2) is 30.4 Å². The molecule has 1 rings (SSSR count). The number of benzene rings is 1. The van der Waals surface area contributed by atoms with Crippen LogP contribution in [0, 0.1) is 5.92 Å². The Bertz CT molecular complexity index is 519. The third-order valence-electron chi connectivity index (χ3n) is 3.95. The van der Waals surface area contributed by atoms with Gasteiger partial charge in [-0.25, -0.2) is 0 Å². The van der Waals surface area contributed by atoms with Crippen LogP contribution in [0.15, 0.2) is 30.3 Å². The fourth-order valence-electron chi connectivity index (χ4n) is 2.56. The predicted molar refractivity (Wildman–Crippen MR) is 101 cm³/mol. The van der Waals surface area contributed by atoms with Gasteiger partial charge >= 0.3 is 0 Å². The van der Waals surface area contributed by atoms with Gasteiger partial charge in [-0.15, -0.1) is 0 Å². The third-order valence-corrected chi connectivity index (χ3v) is 3.95. The Morgan fingerprint density at radius 1 is 1.08 bits per heavy atom. The van der Waals surface area contributed by atoms with Crippen LogP contribution in [0.25, 0.3) is 0 Å². The standard InChI is InChI=1S/C19H32N4O2/c1-14(2)12-16(21)18(24)23-17(10-6-7-11-20)19(25)22-13-15-8-4-3-5-9-15/h3-5,8-9,14,16-17H,6-7,10-13,20-21H2,1-2H3,(H,22,25)(H,23,24)/t16-,17+/m1/s1. The van der Waals surface area contributed by atoms with Gasteiger partial charge in [0, 0.05) is 6.54 Å². The molecule has 25 heavy (non-hydrogen) atoms. The van der Waals surface area contributed by atoms with Gasteiger partial charge in [-0.3, -0.25) is 9.59 Å². The van der Waals surface area contributed by atoms with Crippen LogP contribution in [0.2, 0.25) is 0 Å². The Balaban J connectivity index is 2.60. The van der Waals surface area contributed by atoms with Crippen LogP contribution in [0.1, 0.15) is 45.1 Å². The topological polar surface area (TPSA) is 110 Å². The van der Waals surface area contributed by atoms with Gasteiger partial charge in [-0.2, -0.15) is 0 Å². The maximum Gasteiger partial charge on any atom is 0.242 e. The predicted octanol–water partition coefficient (Wildman–Crippen LogP) is 1.29. The lowest BCUT2D eigenvalue weighted by Gasteiger charge is -2.21. The summed E-state index contributed by atoms with van der Waals surface area (Å²) in [6.07, 6.45) is 2.74. The molecule has 2 amide bonds. The van der Waals surface area contributed by atoms with Crippen LogP contribution in [0.3, 0.4) is 0 Å². The molecule has 0 heterocycles. The summed E-state index contributed by atoms with van der Waals surface area (Å²) in [5, 5.41) is 5.69. The first-order valence-electron chi connectivity index (χ1n) is 9.01. The smallest absolute Gasteiger partial charge is 0.242 e. The van der Waals surface area contributed by atoms with Crippen LogP contribution in [0.4, 0.5) is 0 Å². The summed E-state index contributed by atoms with van der Waals surface area (Å²) >= 11 is 0. The van der Waals surface area contributed by atoms with Crippen molar-refractivity contribution in [1.82, 2.24) is 10.6 Å². The number of rotatable bonds is 11. The summed E-state index contributed by atoms with van der Waals surface area (Å²) in [5.74, 6) is -0.143. The van der Waals surface area contributed by atoms with E-state index < -0.39 is 12.1 Å². The highest BCUT2D eigenvalue weighted by molar-refractivity contribution is 5.89. The summed E-state index contributed by atoms with van der Waals surface area (Å²) in [6.45, 7) is 5.02. The van der Waals surface area contributed by atoms with E-state index in [0.717, 1.165) is 18.4 Å². The van der Waals surface area contributed by atoms with Gasteiger partial charge in [0.2, 0.25) is 11.8 Å². The van der Waals surface area contributed by atoms with Crippen LogP contribution in [0.5, 0.6) is 0 Å². The molecule has 6 N–H and O–H groups in total. The van der Waals surface area contributed by atoms with E-state index >= 15 is 0 Å². The zero-order valence-electron chi connectivity index (χ0n) is 15.3. The summed E-state index contributed by atoms with van der Waals surface area (Å²) in [7, 11) is 0. The Kier molecular flexibility index (Phi) is 9.80. The van der Waals surface area contributed by atoms with Gasteiger partial charge in [0.25, 0.3) is 0 Å². The van der Waals surface area contributed by atoms with Gasteiger partial charge in [0.1, 0.15) is 6.04 Å². The van der Waals surface area contributed by atoms with Gasteiger partial charge in [-0.05, 0) is 43.7 Å². The molecule has 6 nitrogen and oxygen atoms in total. The molecule has 0 bridgehead atoms. The van der Waals surface area contributed by atoms with E-state index in [1.165, 1.54) is 0 Å². The lowest BCUT2D eigenvalue weighted by molar-refractivity contribution is -0.130. The highest BCUT2D eigenvalue weighted by Crippen LogP contribution is 2.06. The summed E-state index contributed by atoms with van der Waals surface area (Å²) in [5.41, 5.74) is 12.5. The Morgan fingerprint density at radius 2 is 1.76 bits per heavy atom. The van der Waals surface area contributed by atoms with E-state index in [1.807, 2.05) is 44.2 Å². The third kappa shape index (κ3) is 8.65. The molecule has 0 unspecified atom stereocenters. The molecular weight excluding hydrogens is 316 g/mol. The fraction of sp³-hybridized carbons (Fsp3) is 0.579. The van der Waals surface area contributed by atoms with E-state index in [1.54, 1.807) is 0 Å². The molecule has 2 atom stereocenters. The van der Waals surface area contributed by atoms with Crippen LogP contribution in [-0.2, 0) is 16.1 Å². The van der Waals surface area contributed by atoms with Crippen molar-refractivity contribution < 1.29 is 9.59 Å². The lowest BCUT2D eigenvalue weighted by atomic mass is 10.0. The van der Waals surface area contributed by atoms with Crippen molar-refractivity contribution in [3.63, 3.8) is 0 Å². The van der Waals surface area contributed by atoms with Crippen molar-refractivity contribution in [3.8, 4) is 0 Å². The molecule has 0 aromatic heterocycles. The van der Waals surface area contributed by atoms with Gasteiger partial charge in [0.15, 0.2) is 0 Å². The molecule has 0 aliphatic carbocycles. The van der Waals surface area contributed by atoms with Crippen molar-refractivity contribution >= 4 is 11.8 Å². The minimum atomic E-state index is -0.598. The fourth-order valence-corrected chi connectivity index (χ4v) is 2.56. The number of carbonyl (C=O) groups excluding carboxylic acids is 2. The van der Waals surface area contributed by atoms with Crippen molar-refractivity contribution in [2.75, 3.05) is 6.54 Å². The lowest BCUT2D eigenvalue weighted by Crippen LogP contribution is -2.51. The zero-order valence-corrected chi connectivity index (χ0v) is 15.3. The summed E-state index contributed by atoms with van der Waals surface area (Å²) < 4.78 is 0. The molecule has 0 aliphatic heterocycles. The van der Waals surface area contributed by atoms with Crippen LogP contribution >= 0.6 is 0 Å². The minimum absolute atomic E-state index is 0.189. The van der Waals surface area contributed by atoms with Crippen molar-refractivity contribution in [2.24, 2.45) is 17.4 Å². The Hall–Kier alpha value is -1.92. The number of amides is 2. The molecule has 1 aromatic carbocycles. The normalized spacial score (nSPS) is 13.3. The minimum Gasteiger partial charge on any atom is -0.350 e. The second-order valence-electron chi connectivity index (χ2n) is 6.79. The molecular formula is C19H32N4O2. The quantitative estimate of drug-likeness (QED) is 0.452. The number of unbranched alkanes of at least 4 members (excludes halogenated alkanes) is 1. The zero-order chi connectivity index (χ0) is 18.7. The number of hydrogen-bond acceptors (Lipinski definition) is 4. The molecule has 0 aliphatic rings. The number of nitrogens with one attached hydrogen (secondary N) is 2. The number of hydrogen-bond donors (Lipinski definition) is 4. The average Bonchev–Trinajstić information content (AvgIpc) is 2.59. The second kappa shape index (κ2) is 11.6. The molecule has 0 saturated heterocycles. The van der Waals surface area contributed by atoms with E-state index in [9.17, 15) is 9.59 Å². The molecule has 6 heteroatoms. The molecule has 0 fully saturated rings.